The summed E-state index contributed by atoms with van der Waals surface area (Å²) >= 11 is 0. The molecule has 0 spiro atoms. The van der Waals surface area contributed by atoms with Crippen LogP contribution in [0.1, 0.15) is 37.3 Å². The van der Waals surface area contributed by atoms with Gasteiger partial charge in [-0.3, -0.25) is 9.69 Å². The molecule has 0 bridgehead atoms. The number of likely N-dealkylation sites (tertiary alicyclic amines) is 1. The van der Waals surface area contributed by atoms with Crippen molar-refractivity contribution in [2.24, 2.45) is 0 Å². The van der Waals surface area contributed by atoms with E-state index in [1.165, 1.54) is 12.5 Å². The quantitative estimate of drug-likeness (QED) is 0.491. The zero-order valence-corrected chi connectivity index (χ0v) is 18.4. The highest BCUT2D eigenvalue weighted by atomic mass is 16.5. The van der Waals surface area contributed by atoms with Gasteiger partial charge >= 0.3 is 0 Å². The normalized spacial score (nSPS) is 16.2. The molecule has 2 aromatic heterocycles. The van der Waals surface area contributed by atoms with E-state index in [1.807, 2.05) is 36.4 Å². The standard InChI is InChI=1S/C23H28N6O3/c1-16(30)26-18-9-7-17(8-10-18)15-29-13-4-6-20(29)23-27-22(28-32-23)19-5-3-11-24-21(19)25-12-14-31-2/h3,5,7-11,20H,4,6,12-15H2,1-2H3,(H,24,25)(H,26,30). The Balaban J connectivity index is 1.46. The van der Waals surface area contributed by atoms with Crippen molar-refractivity contribution in [3.8, 4) is 11.4 Å². The molecular weight excluding hydrogens is 408 g/mol. The molecule has 3 heterocycles. The monoisotopic (exact) mass is 436 g/mol. The maximum absolute atomic E-state index is 11.2. The minimum atomic E-state index is -0.0739. The van der Waals surface area contributed by atoms with Crippen molar-refractivity contribution in [1.82, 2.24) is 20.0 Å². The van der Waals surface area contributed by atoms with Gasteiger partial charge < -0.3 is 19.9 Å². The molecule has 168 valence electrons. The summed E-state index contributed by atoms with van der Waals surface area (Å²) in [6, 6.07) is 11.8. The van der Waals surface area contributed by atoms with Crippen LogP contribution < -0.4 is 10.6 Å². The van der Waals surface area contributed by atoms with Crippen molar-refractivity contribution in [3.05, 3.63) is 54.0 Å². The predicted octanol–water partition coefficient (Wildman–Crippen LogP) is 3.49. The molecule has 1 aliphatic heterocycles. The number of benzene rings is 1. The lowest BCUT2D eigenvalue weighted by molar-refractivity contribution is -0.114. The minimum absolute atomic E-state index is 0.0739. The van der Waals surface area contributed by atoms with Gasteiger partial charge in [0.25, 0.3) is 0 Å². The summed E-state index contributed by atoms with van der Waals surface area (Å²) < 4.78 is 10.8. The molecule has 9 heteroatoms. The molecule has 2 N–H and O–H groups in total. The molecule has 9 nitrogen and oxygen atoms in total. The van der Waals surface area contributed by atoms with Gasteiger partial charge in [-0.25, -0.2) is 4.98 Å². The van der Waals surface area contributed by atoms with Gasteiger partial charge in [0, 0.05) is 39.0 Å². The first-order valence-electron chi connectivity index (χ1n) is 10.8. The third-order valence-corrected chi connectivity index (χ3v) is 5.40. The fraction of sp³-hybridized carbons (Fsp3) is 0.391. The molecule has 1 unspecified atom stereocenters. The van der Waals surface area contributed by atoms with Crippen LogP contribution in [-0.4, -0.2) is 52.7 Å². The van der Waals surface area contributed by atoms with Crippen LogP contribution in [0.5, 0.6) is 0 Å². The van der Waals surface area contributed by atoms with E-state index in [9.17, 15) is 4.79 Å². The summed E-state index contributed by atoms with van der Waals surface area (Å²) in [6.07, 6.45) is 3.77. The van der Waals surface area contributed by atoms with Crippen molar-refractivity contribution in [3.63, 3.8) is 0 Å². The van der Waals surface area contributed by atoms with Crippen molar-refractivity contribution in [1.29, 1.82) is 0 Å². The maximum atomic E-state index is 11.2. The van der Waals surface area contributed by atoms with E-state index >= 15 is 0 Å². The molecule has 1 fully saturated rings. The lowest BCUT2D eigenvalue weighted by atomic mass is 10.1. The number of carbonyl (C=O) groups is 1. The molecule has 1 aromatic carbocycles. The first-order valence-corrected chi connectivity index (χ1v) is 10.8. The first-order chi connectivity index (χ1) is 15.6. The number of aromatic nitrogens is 3. The molecular formula is C23H28N6O3. The number of rotatable bonds is 9. The second kappa shape index (κ2) is 10.3. The van der Waals surface area contributed by atoms with Crippen LogP contribution in [-0.2, 0) is 16.1 Å². The number of ether oxygens (including phenoxy) is 1. The first kappa shape index (κ1) is 21.9. The minimum Gasteiger partial charge on any atom is -0.383 e. The Morgan fingerprint density at radius 3 is 2.91 bits per heavy atom. The second-order valence-corrected chi connectivity index (χ2v) is 7.78. The second-order valence-electron chi connectivity index (χ2n) is 7.78. The van der Waals surface area contributed by atoms with E-state index in [1.54, 1.807) is 13.3 Å². The smallest absolute Gasteiger partial charge is 0.244 e. The lowest BCUT2D eigenvalue weighted by Gasteiger charge is -2.21. The zero-order valence-electron chi connectivity index (χ0n) is 18.4. The van der Waals surface area contributed by atoms with Gasteiger partial charge in [0.2, 0.25) is 17.6 Å². The Hall–Kier alpha value is -3.30. The summed E-state index contributed by atoms with van der Waals surface area (Å²) in [6.45, 7) is 4.47. The maximum Gasteiger partial charge on any atom is 0.244 e. The lowest BCUT2D eigenvalue weighted by Crippen LogP contribution is -2.23. The Labute approximate surface area is 187 Å². The Morgan fingerprint density at radius 1 is 1.28 bits per heavy atom. The third-order valence-electron chi connectivity index (χ3n) is 5.40. The molecule has 3 aromatic rings. The average molecular weight is 437 g/mol. The van der Waals surface area contributed by atoms with Crippen LogP contribution in [0.25, 0.3) is 11.4 Å². The van der Waals surface area contributed by atoms with Gasteiger partial charge in [0.15, 0.2) is 0 Å². The summed E-state index contributed by atoms with van der Waals surface area (Å²) in [5.74, 6) is 1.79. The van der Waals surface area contributed by atoms with Crippen LogP contribution in [0.2, 0.25) is 0 Å². The number of hydrogen-bond donors (Lipinski definition) is 2. The van der Waals surface area contributed by atoms with E-state index in [0.717, 1.165) is 37.2 Å². The highest BCUT2D eigenvalue weighted by Crippen LogP contribution is 2.34. The number of hydrogen-bond acceptors (Lipinski definition) is 8. The Bertz CT molecular complexity index is 1040. The van der Waals surface area contributed by atoms with Gasteiger partial charge in [0.1, 0.15) is 5.82 Å². The fourth-order valence-corrected chi connectivity index (χ4v) is 3.90. The third kappa shape index (κ3) is 5.30. The average Bonchev–Trinajstić information content (AvgIpc) is 3.45. The summed E-state index contributed by atoms with van der Waals surface area (Å²) in [7, 11) is 1.66. The number of carbonyl (C=O) groups excluding carboxylic acids is 1. The number of methoxy groups -OCH3 is 1. The summed E-state index contributed by atoms with van der Waals surface area (Å²) in [5, 5.41) is 10.3. The van der Waals surface area contributed by atoms with Gasteiger partial charge in [-0.15, -0.1) is 0 Å². The number of anilines is 2. The van der Waals surface area contributed by atoms with E-state index in [0.29, 0.717) is 30.7 Å². The predicted molar refractivity (Wildman–Crippen MR) is 121 cm³/mol. The van der Waals surface area contributed by atoms with Gasteiger partial charge in [-0.05, 0) is 49.2 Å². The number of amides is 1. The van der Waals surface area contributed by atoms with Gasteiger partial charge in [-0.1, -0.05) is 17.3 Å². The molecule has 1 aliphatic rings. The van der Waals surface area contributed by atoms with Crippen LogP contribution in [0, 0.1) is 0 Å². The summed E-state index contributed by atoms with van der Waals surface area (Å²) in [4.78, 5) is 22.7. The van der Waals surface area contributed by atoms with Crippen LogP contribution in [0.4, 0.5) is 11.5 Å². The van der Waals surface area contributed by atoms with Gasteiger partial charge in [-0.2, -0.15) is 4.98 Å². The molecule has 1 atom stereocenters. The molecule has 0 aliphatic carbocycles. The van der Waals surface area contributed by atoms with Crippen molar-refractivity contribution in [2.45, 2.75) is 32.4 Å². The van der Waals surface area contributed by atoms with Crippen LogP contribution in [0.15, 0.2) is 47.1 Å². The zero-order chi connectivity index (χ0) is 22.3. The molecule has 0 saturated carbocycles. The highest BCUT2D eigenvalue weighted by molar-refractivity contribution is 5.88. The number of nitrogens with zero attached hydrogens (tertiary/aromatic N) is 4. The molecule has 1 saturated heterocycles. The van der Waals surface area contributed by atoms with Crippen LogP contribution >= 0.6 is 0 Å². The molecule has 32 heavy (non-hydrogen) atoms. The van der Waals surface area contributed by atoms with E-state index < -0.39 is 0 Å². The van der Waals surface area contributed by atoms with Crippen molar-refractivity contribution in [2.75, 3.05) is 37.4 Å². The molecule has 1 amide bonds. The van der Waals surface area contributed by atoms with E-state index in [4.69, 9.17) is 14.2 Å². The number of nitrogens with one attached hydrogen (secondary N) is 2. The van der Waals surface area contributed by atoms with Crippen molar-refractivity contribution < 1.29 is 14.1 Å². The largest absolute Gasteiger partial charge is 0.383 e. The highest BCUT2D eigenvalue weighted by Gasteiger charge is 2.31. The Morgan fingerprint density at radius 2 is 2.12 bits per heavy atom. The number of pyridine rings is 1. The molecule has 0 radical (unpaired) electrons. The molecule has 4 rings (SSSR count). The fourth-order valence-electron chi connectivity index (χ4n) is 3.90. The topological polar surface area (TPSA) is 105 Å². The summed E-state index contributed by atoms with van der Waals surface area (Å²) in [5.41, 5.74) is 2.77. The van der Waals surface area contributed by atoms with E-state index in [-0.39, 0.29) is 11.9 Å². The Kier molecular flexibility index (Phi) is 7.08. The SMILES string of the molecule is COCCNc1ncccc1-c1noc(C2CCCN2Cc2ccc(NC(C)=O)cc2)n1. The van der Waals surface area contributed by atoms with Gasteiger partial charge in [0.05, 0.1) is 18.2 Å². The van der Waals surface area contributed by atoms with Crippen molar-refractivity contribution >= 4 is 17.4 Å². The van der Waals surface area contributed by atoms with E-state index in [2.05, 4.69) is 25.7 Å². The van der Waals surface area contributed by atoms with Crippen LogP contribution in [0.3, 0.4) is 0 Å².